The van der Waals surface area contributed by atoms with Gasteiger partial charge in [-0.1, -0.05) is 0 Å². The normalized spacial score (nSPS) is 17.6. The average molecular weight is 407 g/mol. The summed E-state index contributed by atoms with van der Waals surface area (Å²) in [5, 5.41) is 0. The molecule has 10 nitrogen and oxygen atoms in total. The maximum atomic E-state index is 12.6. The lowest BCUT2D eigenvalue weighted by molar-refractivity contribution is -0.139. The molecule has 0 bridgehead atoms. The molecule has 0 N–H and O–H groups in total. The van der Waals surface area contributed by atoms with Gasteiger partial charge in [0.15, 0.2) is 0 Å². The number of carbonyl (C=O) groups excluding carboxylic acids is 2. The minimum Gasteiger partial charge on any atom is -0.378 e. The standard InChI is InChI=1S/C19H29N5O5/c1-14-17(18(27)21(3)19(28)20(14)2)24-8-6-22(7-9-24)15(25)4-5-16(26)23-10-12-29-13-11-23/h4-13H2,1-3H3. The van der Waals surface area contributed by atoms with E-state index in [0.717, 1.165) is 4.57 Å². The first-order chi connectivity index (χ1) is 13.8. The van der Waals surface area contributed by atoms with Gasteiger partial charge in [-0.15, -0.1) is 0 Å². The van der Waals surface area contributed by atoms with Crippen LogP contribution < -0.4 is 16.1 Å². The van der Waals surface area contributed by atoms with Crippen molar-refractivity contribution in [3.8, 4) is 0 Å². The topological polar surface area (TPSA) is 97.1 Å². The van der Waals surface area contributed by atoms with E-state index in [-0.39, 0.29) is 35.9 Å². The molecular formula is C19H29N5O5. The summed E-state index contributed by atoms with van der Waals surface area (Å²) in [6.07, 6.45) is 0.399. The van der Waals surface area contributed by atoms with Crippen molar-refractivity contribution in [2.45, 2.75) is 19.8 Å². The van der Waals surface area contributed by atoms with E-state index in [1.54, 1.807) is 23.8 Å². The van der Waals surface area contributed by atoms with Gasteiger partial charge < -0.3 is 19.4 Å². The van der Waals surface area contributed by atoms with Gasteiger partial charge in [-0.25, -0.2) is 4.79 Å². The molecule has 1 aromatic heterocycles. The molecule has 0 aliphatic carbocycles. The summed E-state index contributed by atoms with van der Waals surface area (Å²) in [4.78, 5) is 54.8. The summed E-state index contributed by atoms with van der Waals surface area (Å²) in [5.74, 6) is -0.0547. The largest absolute Gasteiger partial charge is 0.378 e. The van der Waals surface area contributed by atoms with Gasteiger partial charge in [0.05, 0.1) is 13.2 Å². The molecule has 160 valence electrons. The van der Waals surface area contributed by atoms with Crippen LogP contribution in [0.5, 0.6) is 0 Å². The van der Waals surface area contributed by atoms with Gasteiger partial charge >= 0.3 is 5.69 Å². The number of aromatic nitrogens is 2. The molecule has 2 aliphatic rings. The molecule has 10 heteroatoms. The van der Waals surface area contributed by atoms with Crippen LogP contribution in [0.4, 0.5) is 5.69 Å². The van der Waals surface area contributed by atoms with E-state index in [1.165, 1.54) is 11.6 Å². The van der Waals surface area contributed by atoms with Crippen molar-refractivity contribution in [1.29, 1.82) is 0 Å². The highest BCUT2D eigenvalue weighted by Gasteiger charge is 2.26. The number of ether oxygens (including phenoxy) is 1. The number of hydrogen-bond acceptors (Lipinski definition) is 6. The zero-order valence-electron chi connectivity index (χ0n) is 17.3. The summed E-state index contributed by atoms with van der Waals surface area (Å²) in [5.41, 5.74) is 0.453. The Hall–Kier alpha value is -2.62. The van der Waals surface area contributed by atoms with Gasteiger partial charge in [-0.05, 0) is 6.92 Å². The van der Waals surface area contributed by atoms with Crippen LogP contribution in [-0.4, -0.2) is 83.2 Å². The molecule has 0 unspecified atom stereocenters. The highest BCUT2D eigenvalue weighted by Crippen LogP contribution is 2.16. The monoisotopic (exact) mass is 407 g/mol. The summed E-state index contributed by atoms with van der Waals surface area (Å²) < 4.78 is 7.81. The number of nitrogens with zero attached hydrogens (tertiary/aromatic N) is 5. The van der Waals surface area contributed by atoms with Crippen molar-refractivity contribution in [3.05, 3.63) is 26.5 Å². The molecule has 2 aliphatic heterocycles. The van der Waals surface area contributed by atoms with E-state index in [9.17, 15) is 19.2 Å². The Kier molecular flexibility index (Phi) is 6.41. The molecule has 3 rings (SSSR count). The van der Waals surface area contributed by atoms with Crippen LogP contribution in [0.15, 0.2) is 9.59 Å². The third kappa shape index (κ3) is 4.36. The highest BCUT2D eigenvalue weighted by atomic mass is 16.5. The molecule has 0 radical (unpaired) electrons. The van der Waals surface area contributed by atoms with Gasteiger partial charge in [0.25, 0.3) is 5.56 Å². The second kappa shape index (κ2) is 8.81. The van der Waals surface area contributed by atoms with Crippen LogP contribution in [0.25, 0.3) is 0 Å². The Balaban J connectivity index is 1.57. The first-order valence-corrected chi connectivity index (χ1v) is 9.96. The molecule has 0 aromatic carbocycles. The molecule has 0 atom stereocenters. The molecule has 29 heavy (non-hydrogen) atoms. The minimum atomic E-state index is -0.352. The summed E-state index contributed by atoms with van der Waals surface area (Å²) in [6.45, 7) is 6.00. The third-order valence-corrected chi connectivity index (χ3v) is 5.79. The Morgan fingerprint density at radius 3 is 1.90 bits per heavy atom. The van der Waals surface area contributed by atoms with E-state index in [4.69, 9.17) is 4.74 Å². The van der Waals surface area contributed by atoms with Crippen LogP contribution in [0.2, 0.25) is 0 Å². The van der Waals surface area contributed by atoms with Gasteiger partial charge in [0.1, 0.15) is 5.69 Å². The first-order valence-electron chi connectivity index (χ1n) is 9.96. The van der Waals surface area contributed by atoms with Gasteiger partial charge in [0.2, 0.25) is 11.8 Å². The molecule has 0 spiro atoms. The molecule has 2 saturated heterocycles. The lowest BCUT2D eigenvalue weighted by Gasteiger charge is -2.36. The number of morpholine rings is 1. The van der Waals surface area contributed by atoms with Crippen LogP contribution in [0, 0.1) is 6.92 Å². The lowest BCUT2D eigenvalue weighted by Crippen LogP contribution is -2.52. The van der Waals surface area contributed by atoms with Crippen LogP contribution in [0.3, 0.4) is 0 Å². The molecule has 0 saturated carbocycles. The van der Waals surface area contributed by atoms with Gasteiger partial charge in [-0.2, -0.15) is 0 Å². The number of carbonyl (C=O) groups is 2. The molecular weight excluding hydrogens is 378 g/mol. The van der Waals surface area contributed by atoms with E-state index in [1.807, 2.05) is 4.90 Å². The third-order valence-electron chi connectivity index (χ3n) is 5.79. The fourth-order valence-corrected chi connectivity index (χ4v) is 3.81. The number of rotatable bonds is 4. The van der Waals surface area contributed by atoms with Crippen molar-refractivity contribution in [2.75, 3.05) is 57.4 Å². The van der Waals surface area contributed by atoms with E-state index >= 15 is 0 Å². The van der Waals surface area contributed by atoms with Crippen LogP contribution in [0.1, 0.15) is 18.5 Å². The molecule has 1 aromatic rings. The van der Waals surface area contributed by atoms with E-state index in [0.29, 0.717) is 63.9 Å². The van der Waals surface area contributed by atoms with Crippen molar-refractivity contribution >= 4 is 17.5 Å². The summed E-state index contributed by atoms with van der Waals surface area (Å²) >= 11 is 0. The molecule has 2 amide bonds. The summed E-state index contributed by atoms with van der Waals surface area (Å²) in [7, 11) is 3.12. The predicted molar refractivity (Wildman–Crippen MR) is 107 cm³/mol. The minimum absolute atomic E-state index is 0.00962. The maximum absolute atomic E-state index is 12.6. The van der Waals surface area contributed by atoms with Crippen molar-refractivity contribution in [1.82, 2.24) is 18.9 Å². The predicted octanol–water partition coefficient (Wildman–Crippen LogP) is -1.32. The van der Waals surface area contributed by atoms with Gasteiger partial charge in [-0.3, -0.25) is 23.5 Å². The molecule has 3 heterocycles. The fraction of sp³-hybridized carbons (Fsp3) is 0.684. The van der Waals surface area contributed by atoms with Crippen LogP contribution in [-0.2, 0) is 28.4 Å². The second-order valence-electron chi connectivity index (χ2n) is 7.50. The Morgan fingerprint density at radius 1 is 0.828 bits per heavy atom. The maximum Gasteiger partial charge on any atom is 0.330 e. The molecule has 2 fully saturated rings. The number of amides is 2. The second-order valence-corrected chi connectivity index (χ2v) is 7.50. The number of hydrogen-bond donors (Lipinski definition) is 0. The smallest absolute Gasteiger partial charge is 0.330 e. The van der Waals surface area contributed by atoms with E-state index < -0.39 is 0 Å². The fourth-order valence-electron chi connectivity index (χ4n) is 3.81. The van der Waals surface area contributed by atoms with Crippen molar-refractivity contribution in [2.24, 2.45) is 14.1 Å². The lowest BCUT2D eigenvalue weighted by atomic mass is 10.2. The van der Waals surface area contributed by atoms with Crippen molar-refractivity contribution < 1.29 is 14.3 Å². The zero-order valence-corrected chi connectivity index (χ0v) is 17.3. The number of piperazine rings is 1. The first kappa shape index (κ1) is 21.1. The highest BCUT2D eigenvalue weighted by molar-refractivity contribution is 5.84. The van der Waals surface area contributed by atoms with E-state index in [2.05, 4.69) is 0 Å². The Morgan fingerprint density at radius 2 is 1.34 bits per heavy atom. The zero-order chi connectivity index (χ0) is 21.1. The van der Waals surface area contributed by atoms with Gasteiger partial charge in [0, 0.05) is 71.9 Å². The van der Waals surface area contributed by atoms with Crippen LogP contribution >= 0.6 is 0 Å². The SMILES string of the molecule is Cc1c(N2CCN(C(=O)CCC(=O)N3CCOCC3)CC2)c(=O)n(C)c(=O)n1C. The average Bonchev–Trinajstić information content (AvgIpc) is 2.75. The number of anilines is 1. The quantitative estimate of drug-likeness (QED) is 0.614. The Bertz CT molecular complexity index is 891. The Labute approximate surface area is 169 Å². The van der Waals surface area contributed by atoms with Crippen molar-refractivity contribution in [3.63, 3.8) is 0 Å². The summed E-state index contributed by atoms with van der Waals surface area (Å²) in [6, 6.07) is 0.